The van der Waals surface area contributed by atoms with Crippen LogP contribution in [0.1, 0.15) is 373 Å². The van der Waals surface area contributed by atoms with Crippen LogP contribution in [0.2, 0.25) is 0 Å². The van der Waals surface area contributed by atoms with Crippen molar-refractivity contribution in [1.29, 1.82) is 0 Å². The predicted molar refractivity (Wildman–Crippen MR) is 402 cm³/mol. The molecule has 0 radical (unpaired) electrons. The van der Waals surface area contributed by atoms with E-state index in [9.17, 15) is 61.0 Å². The molecule has 3 fully saturated rings. The van der Waals surface area contributed by atoms with Crippen LogP contribution in [0.25, 0.3) is 0 Å². The van der Waals surface area contributed by atoms with Crippen molar-refractivity contribution in [1.82, 2.24) is 5.32 Å². The minimum absolute atomic E-state index is 0.250. The quantitative estimate of drug-likeness (QED) is 0.0199. The third-order valence-electron chi connectivity index (χ3n) is 21.6. The molecule has 17 unspecified atom stereocenters. The van der Waals surface area contributed by atoms with E-state index >= 15 is 0 Å². The molecule has 1 amide bonds. The molecule has 3 aliphatic heterocycles. The Balaban J connectivity index is 1.35. The highest BCUT2D eigenvalue weighted by Gasteiger charge is 2.54. The highest BCUT2D eigenvalue weighted by molar-refractivity contribution is 5.76. The van der Waals surface area contributed by atoms with Crippen molar-refractivity contribution in [2.45, 2.75) is 478 Å². The van der Waals surface area contributed by atoms with E-state index in [1.54, 1.807) is 6.08 Å². The molecule has 0 saturated carbocycles. The topological polar surface area (TPSA) is 307 Å². The molecule has 0 bridgehead atoms. The third-order valence-corrected chi connectivity index (χ3v) is 21.6. The first-order valence-corrected chi connectivity index (χ1v) is 42.4. The predicted octanol–water partition coefficient (Wildman–Crippen LogP) is 14.7. The maximum absolute atomic E-state index is 13.5. The third kappa shape index (κ3) is 43.3. The number of aliphatic hydroxyl groups is 11. The fourth-order valence-corrected chi connectivity index (χ4v) is 14.8. The molecule has 101 heavy (non-hydrogen) atoms. The largest absolute Gasteiger partial charge is 0.394 e. The SMILES string of the molecule is CCCCCCCCCCCCCCCCCCCCCCCCCC/C=C/C(O)C(COC1OC(CO)C(OC2OC(CO)C(OC3OC(CO)C(O)C(O)C3O)C(O)C2O)C(O)C1O)NC(=O)CCCCCCCCCCCCCCCCCCCCCCCCCCCCCCCC. The van der Waals surface area contributed by atoms with Gasteiger partial charge in [0.25, 0.3) is 0 Å². The maximum Gasteiger partial charge on any atom is 0.220 e. The summed E-state index contributed by atoms with van der Waals surface area (Å²) in [5, 5.41) is 121. The Morgan fingerprint density at radius 1 is 0.347 bits per heavy atom. The van der Waals surface area contributed by atoms with Crippen molar-refractivity contribution >= 4 is 5.91 Å². The molecule has 598 valence electrons. The maximum atomic E-state index is 13.5. The zero-order valence-corrected chi connectivity index (χ0v) is 64.2. The summed E-state index contributed by atoms with van der Waals surface area (Å²) >= 11 is 0. The van der Waals surface area contributed by atoms with E-state index in [-0.39, 0.29) is 18.9 Å². The van der Waals surface area contributed by atoms with E-state index in [1.807, 2.05) is 6.08 Å². The molecule has 3 saturated heterocycles. The lowest BCUT2D eigenvalue weighted by atomic mass is 9.96. The molecule has 19 heteroatoms. The minimum atomic E-state index is -1.98. The molecular weight excluding hydrogens is 1290 g/mol. The summed E-state index contributed by atoms with van der Waals surface area (Å²) in [6.45, 7) is 1.81. The van der Waals surface area contributed by atoms with Gasteiger partial charge >= 0.3 is 0 Å². The molecule has 17 atom stereocenters. The summed E-state index contributed by atoms with van der Waals surface area (Å²) in [5.74, 6) is -0.265. The standard InChI is InChI=1S/C82H157NO18/c1-3-5-7-9-11-13-15-17-19-21-23-25-27-29-31-32-33-34-36-38-40-42-44-46-48-50-52-54-56-58-60-70(88)83-65(66(87)59-57-55-53-51-49-47-45-43-41-39-37-35-30-28-26-24-22-20-18-16-14-12-10-8-6-4-2)64-96-80-76(94)73(91)78(68(62-85)98-80)101-82-77(95)74(92)79(69(63-86)99-82)100-81-75(93)72(90)71(89)67(61-84)97-81/h57,59,65-69,71-82,84-87,89-95H,3-56,58,60-64H2,1-2H3,(H,83,88)/b59-57+. The van der Waals surface area contributed by atoms with Crippen LogP contribution >= 0.6 is 0 Å². The second-order valence-corrected chi connectivity index (χ2v) is 30.7. The molecule has 12 N–H and O–H groups in total. The summed E-state index contributed by atoms with van der Waals surface area (Å²) in [5.41, 5.74) is 0. The molecule has 3 heterocycles. The molecule has 19 nitrogen and oxygen atoms in total. The van der Waals surface area contributed by atoms with Crippen molar-refractivity contribution in [2.75, 3.05) is 26.4 Å². The Morgan fingerprint density at radius 3 is 0.931 bits per heavy atom. The van der Waals surface area contributed by atoms with Gasteiger partial charge in [0.05, 0.1) is 38.6 Å². The fraction of sp³-hybridized carbons (Fsp3) is 0.963. The fourth-order valence-electron chi connectivity index (χ4n) is 14.8. The van der Waals surface area contributed by atoms with Gasteiger partial charge in [0.2, 0.25) is 5.91 Å². The first kappa shape index (κ1) is 93.7. The first-order valence-electron chi connectivity index (χ1n) is 42.4. The van der Waals surface area contributed by atoms with Crippen LogP contribution in [-0.2, 0) is 33.2 Å². The lowest BCUT2D eigenvalue weighted by Gasteiger charge is -2.48. The van der Waals surface area contributed by atoms with Crippen LogP contribution in [0.4, 0.5) is 0 Å². The van der Waals surface area contributed by atoms with Crippen molar-refractivity contribution in [2.24, 2.45) is 0 Å². The van der Waals surface area contributed by atoms with Gasteiger partial charge in [-0.05, 0) is 19.3 Å². The summed E-state index contributed by atoms with van der Waals surface area (Å²) in [4.78, 5) is 13.5. The van der Waals surface area contributed by atoms with Gasteiger partial charge in [-0.1, -0.05) is 360 Å². The van der Waals surface area contributed by atoms with Crippen LogP contribution in [0.15, 0.2) is 12.2 Å². The second kappa shape index (κ2) is 63.5. The Bertz CT molecular complexity index is 1870. The highest BCUT2D eigenvalue weighted by Crippen LogP contribution is 2.33. The van der Waals surface area contributed by atoms with Crippen LogP contribution in [0.3, 0.4) is 0 Å². The van der Waals surface area contributed by atoms with Gasteiger partial charge in [0.1, 0.15) is 73.2 Å². The number of unbranched alkanes of at least 4 members (excludes halogenated alkanes) is 53. The Labute approximate surface area is 614 Å². The number of rotatable bonds is 69. The van der Waals surface area contributed by atoms with Crippen LogP contribution in [0.5, 0.6) is 0 Å². The molecule has 0 aromatic heterocycles. The van der Waals surface area contributed by atoms with Gasteiger partial charge in [-0.15, -0.1) is 0 Å². The number of hydrogen-bond donors (Lipinski definition) is 12. The number of hydrogen-bond acceptors (Lipinski definition) is 18. The van der Waals surface area contributed by atoms with E-state index in [0.29, 0.717) is 6.42 Å². The molecule has 0 spiro atoms. The lowest BCUT2D eigenvalue weighted by Crippen LogP contribution is -2.66. The van der Waals surface area contributed by atoms with Crippen LogP contribution in [0, 0.1) is 0 Å². The summed E-state index contributed by atoms with van der Waals surface area (Å²) in [6.07, 6.45) is 49.2. The first-order chi connectivity index (χ1) is 49.3. The number of allylic oxidation sites excluding steroid dienone is 1. The zero-order valence-electron chi connectivity index (χ0n) is 64.2. The normalized spacial score (nSPS) is 26.3. The number of aliphatic hydroxyl groups excluding tert-OH is 11. The molecule has 0 aliphatic carbocycles. The summed E-state index contributed by atoms with van der Waals surface area (Å²) in [6, 6.07) is -0.971. The number of carbonyl (C=O) groups excluding carboxylic acids is 1. The smallest absolute Gasteiger partial charge is 0.220 e. The van der Waals surface area contributed by atoms with E-state index in [0.717, 1.165) is 44.9 Å². The van der Waals surface area contributed by atoms with E-state index in [2.05, 4.69) is 19.2 Å². The van der Waals surface area contributed by atoms with Crippen LogP contribution < -0.4 is 5.32 Å². The van der Waals surface area contributed by atoms with Crippen molar-refractivity contribution in [3.05, 3.63) is 12.2 Å². The second-order valence-electron chi connectivity index (χ2n) is 30.7. The molecule has 0 aromatic carbocycles. The van der Waals surface area contributed by atoms with Crippen molar-refractivity contribution in [3.63, 3.8) is 0 Å². The molecule has 3 rings (SSSR count). The van der Waals surface area contributed by atoms with E-state index in [4.69, 9.17) is 28.4 Å². The van der Waals surface area contributed by atoms with E-state index in [1.165, 1.54) is 302 Å². The zero-order chi connectivity index (χ0) is 73.2. The van der Waals surface area contributed by atoms with Gasteiger partial charge in [-0.3, -0.25) is 4.79 Å². The van der Waals surface area contributed by atoms with Gasteiger partial charge in [-0.2, -0.15) is 0 Å². The summed E-state index contributed by atoms with van der Waals surface area (Å²) in [7, 11) is 0. The van der Waals surface area contributed by atoms with Crippen LogP contribution in [-0.4, -0.2) is 193 Å². The Morgan fingerprint density at radius 2 is 0.614 bits per heavy atom. The number of carbonyl (C=O) groups is 1. The van der Waals surface area contributed by atoms with Crippen molar-refractivity contribution in [3.8, 4) is 0 Å². The van der Waals surface area contributed by atoms with Gasteiger partial charge < -0.3 is 89.9 Å². The number of amides is 1. The average Bonchev–Trinajstić information content (AvgIpc) is 0.783. The Kier molecular flexibility index (Phi) is 58.9. The highest BCUT2D eigenvalue weighted by atomic mass is 16.8. The monoisotopic (exact) mass is 1440 g/mol. The molecular formula is C82H157NO18. The van der Waals surface area contributed by atoms with Gasteiger partial charge in [0.15, 0.2) is 18.9 Å². The van der Waals surface area contributed by atoms with Crippen molar-refractivity contribution < 1.29 is 89.4 Å². The average molecular weight is 1450 g/mol. The Hall–Kier alpha value is -1.47. The lowest BCUT2D eigenvalue weighted by molar-refractivity contribution is -0.379. The summed E-state index contributed by atoms with van der Waals surface area (Å²) < 4.78 is 34.5. The molecule has 3 aliphatic rings. The molecule has 0 aromatic rings. The number of ether oxygens (including phenoxy) is 6. The van der Waals surface area contributed by atoms with E-state index < -0.39 is 124 Å². The van der Waals surface area contributed by atoms with Gasteiger partial charge in [-0.25, -0.2) is 0 Å². The van der Waals surface area contributed by atoms with Gasteiger partial charge in [0, 0.05) is 6.42 Å². The minimum Gasteiger partial charge on any atom is -0.394 e. The number of nitrogens with one attached hydrogen (secondary N) is 1.